The summed E-state index contributed by atoms with van der Waals surface area (Å²) in [5, 5.41) is 30.1. The van der Waals surface area contributed by atoms with Gasteiger partial charge in [-0.05, 0) is 19.3 Å². The van der Waals surface area contributed by atoms with Gasteiger partial charge in [-0.3, -0.25) is 9.59 Å². The quantitative estimate of drug-likeness (QED) is 0.0686. The number of carbonyl (C=O) groups is 3. The lowest BCUT2D eigenvalue weighted by molar-refractivity contribution is -0.929. The Morgan fingerprint density at radius 2 is 1.00 bits per heavy atom. The number of carboxylic acid groups (broad SMARTS) is 3. The van der Waals surface area contributed by atoms with Gasteiger partial charge in [0.15, 0.2) is 0 Å². The molecule has 0 saturated heterocycles. The first-order chi connectivity index (χ1) is 18.5. The number of unbranched alkanes of at least 4 members (excludes halogenated alkanes) is 11. The molecule has 7 heteroatoms. The summed E-state index contributed by atoms with van der Waals surface area (Å²) in [6, 6.07) is 0. The summed E-state index contributed by atoms with van der Waals surface area (Å²) < 4.78 is 0.555. The predicted octanol–water partition coefficient (Wildman–Crippen LogP) is 6.45. The van der Waals surface area contributed by atoms with Crippen molar-refractivity contribution in [1.29, 1.82) is 0 Å². The molecule has 0 aromatic heterocycles. The number of allylic oxidation sites excluding steroid dienone is 2. The molecule has 39 heavy (non-hydrogen) atoms. The standard InChI is InChI=1S/C32H59NO6/c1-5-6-7-8-9-10-11-12-13-14-15-16-17-18-19-23-33(24-20-27(2)30(34)35,25-21-28(3)31(36)37)26-22-29(4)32(38)39/h16-17,27-29H,5-15,18-26H2,1-4H3,(H2-,34,35,36,37,38,39)/b17-16+. The molecule has 0 bridgehead atoms. The molecule has 0 aliphatic rings. The van der Waals surface area contributed by atoms with Crippen LogP contribution in [0.25, 0.3) is 0 Å². The zero-order valence-electron chi connectivity index (χ0n) is 25.5. The van der Waals surface area contributed by atoms with Crippen LogP contribution in [0.3, 0.4) is 0 Å². The van der Waals surface area contributed by atoms with E-state index in [4.69, 9.17) is 0 Å². The Hall–Kier alpha value is -1.89. The highest BCUT2D eigenvalue weighted by Crippen LogP contribution is 2.21. The van der Waals surface area contributed by atoms with Crippen molar-refractivity contribution < 1.29 is 34.2 Å². The van der Waals surface area contributed by atoms with Crippen molar-refractivity contribution >= 4 is 17.9 Å². The maximum Gasteiger partial charge on any atom is 0.306 e. The third-order valence-electron chi connectivity index (χ3n) is 8.25. The highest BCUT2D eigenvalue weighted by atomic mass is 16.4. The summed E-state index contributed by atoms with van der Waals surface area (Å²) in [5.74, 6) is -4.37. The number of nitrogens with zero attached hydrogens (tertiary/aromatic N) is 1. The lowest BCUT2D eigenvalue weighted by Gasteiger charge is -2.41. The van der Waals surface area contributed by atoms with Gasteiger partial charge in [0.1, 0.15) is 0 Å². The minimum atomic E-state index is -1.08. The number of carboxylic acids is 3. The Morgan fingerprint density at radius 1 is 0.615 bits per heavy atom. The van der Waals surface area contributed by atoms with Crippen LogP contribution in [0.4, 0.5) is 0 Å². The van der Waals surface area contributed by atoms with Gasteiger partial charge in [-0.1, -0.05) is 97.6 Å². The molecule has 0 aliphatic heterocycles. The van der Waals surface area contributed by atoms with Crippen molar-refractivity contribution in [3.63, 3.8) is 0 Å². The molecule has 7 nitrogen and oxygen atoms in total. The number of quaternary nitrogens is 1. The van der Waals surface area contributed by atoms with E-state index in [0.717, 1.165) is 25.8 Å². The summed E-state index contributed by atoms with van der Waals surface area (Å²) in [6.45, 7) is 9.83. The first-order valence-corrected chi connectivity index (χ1v) is 15.7. The molecule has 3 atom stereocenters. The molecule has 0 saturated carbocycles. The predicted molar refractivity (Wildman–Crippen MR) is 156 cm³/mol. The fourth-order valence-electron chi connectivity index (χ4n) is 4.97. The summed E-state index contributed by atoms with van der Waals surface area (Å²) in [6.07, 6.45) is 22.1. The Morgan fingerprint density at radius 3 is 1.41 bits per heavy atom. The number of aliphatic carboxylic acids is 3. The van der Waals surface area contributed by atoms with E-state index < -0.39 is 35.7 Å². The van der Waals surface area contributed by atoms with Gasteiger partial charge in [-0.15, -0.1) is 0 Å². The van der Waals surface area contributed by atoms with Gasteiger partial charge in [-0.25, -0.2) is 0 Å². The van der Waals surface area contributed by atoms with Crippen LogP contribution in [0.2, 0.25) is 0 Å². The zero-order chi connectivity index (χ0) is 29.5. The summed E-state index contributed by atoms with van der Waals surface area (Å²) in [4.78, 5) is 34.3. The molecular formula is C32H59NO6. The number of hydrogen-bond acceptors (Lipinski definition) is 4. The van der Waals surface area contributed by atoms with Crippen molar-refractivity contribution in [2.45, 2.75) is 130 Å². The van der Waals surface area contributed by atoms with E-state index >= 15 is 0 Å². The van der Waals surface area contributed by atoms with Gasteiger partial charge in [0.05, 0.1) is 38.0 Å². The van der Waals surface area contributed by atoms with Gasteiger partial charge >= 0.3 is 11.9 Å². The van der Waals surface area contributed by atoms with E-state index in [1.165, 1.54) is 64.2 Å². The van der Waals surface area contributed by atoms with Gasteiger partial charge in [0.2, 0.25) is 0 Å². The monoisotopic (exact) mass is 553 g/mol. The van der Waals surface area contributed by atoms with Crippen LogP contribution in [-0.2, 0) is 14.4 Å². The van der Waals surface area contributed by atoms with Gasteiger partial charge in [-0.2, -0.15) is 0 Å². The third kappa shape index (κ3) is 19.8. The van der Waals surface area contributed by atoms with Gasteiger partial charge in [0.25, 0.3) is 0 Å². The van der Waals surface area contributed by atoms with Crippen LogP contribution >= 0.6 is 0 Å². The van der Waals surface area contributed by atoms with E-state index in [9.17, 15) is 29.7 Å². The molecule has 0 aromatic rings. The second-order valence-electron chi connectivity index (χ2n) is 11.9. The van der Waals surface area contributed by atoms with E-state index in [-0.39, 0.29) is 0 Å². The van der Waals surface area contributed by atoms with E-state index in [1.54, 1.807) is 20.8 Å². The summed E-state index contributed by atoms with van der Waals surface area (Å²) >= 11 is 0. The van der Waals surface area contributed by atoms with Crippen molar-refractivity contribution in [2.75, 3.05) is 26.2 Å². The minimum Gasteiger partial charge on any atom is -0.550 e. The van der Waals surface area contributed by atoms with Crippen LogP contribution in [0.5, 0.6) is 0 Å². The van der Waals surface area contributed by atoms with Crippen molar-refractivity contribution in [2.24, 2.45) is 17.8 Å². The molecule has 228 valence electrons. The minimum absolute atomic E-state index is 0.430. The molecule has 0 heterocycles. The SMILES string of the molecule is CCCCCCCCCCCC/C=C/CCC[N+](CCC(C)C(=O)[O-])(CCC(C)C(=O)O)CCC(C)C(=O)O. The number of hydrogen-bond donors (Lipinski definition) is 2. The summed E-state index contributed by atoms with van der Waals surface area (Å²) in [7, 11) is 0. The topological polar surface area (TPSA) is 115 Å². The second-order valence-corrected chi connectivity index (χ2v) is 11.9. The highest BCUT2D eigenvalue weighted by Gasteiger charge is 2.30. The summed E-state index contributed by atoms with van der Waals surface area (Å²) in [5.41, 5.74) is 0. The largest absolute Gasteiger partial charge is 0.550 e. The van der Waals surface area contributed by atoms with Gasteiger partial charge < -0.3 is 24.6 Å². The first kappa shape index (κ1) is 37.1. The Labute approximate surface area is 238 Å². The lowest BCUT2D eigenvalue weighted by atomic mass is 10.0. The van der Waals surface area contributed by atoms with Gasteiger partial charge in [0, 0.05) is 37.6 Å². The van der Waals surface area contributed by atoms with Crippen LogP contribution in [0.1, 0.15) is 130 Å². The molecule has 0 aromatic carbocycles. The number of carbonyl (C=O) groups excluding carboxylic acids is 1. The molecule has 3 unspecified atom stereocenters. The molecular weight excluding hydrogens is 494 g/mol. The molecule has 0 fully saturated rings. The second kappa shape index (κ2) is 22.9. The molecule has 0 rings (SSSR count). The highest BCUT2D eigenvalue weighted by molar-refractivity contribution is 5.69. The Bertz CT molecular complexity index is 632. The lowest BCUT2D eigenvalue weighted by Crippen LogP contribution is -2.52. The van der Waals surface area contributed by atoms with E-state index in [0.29, 0.717) is 43.4 Å². The Kier molecular flexibility index (Phi) is 21.8. The van der Waals surface area contributed by atoms with Crippen molar-refractivity contribution in [3.8, 4) is 0 Å². The van der Waals surface area contributed by atoms with E-state index in [1.807, 2.05) is 0 Å². The smallest absolute Gasteiger partial charge is 0.306 e. The maximum absolute atomic E-state index is 11.5. The number of rotatable bonds is 27. The first-order valence-electron chi connectivity index (χ1n) is 15.7. The molecule has 2 N–H and O–H groups in total. The molecule has 0 amide bonds. The normalized spacial score (nSPS) is 15.6. The van der Waals surface area contributed by atoms with Crippen molar-refractivity contribution in [3.05, 3.63) is 12.2 Å². The Balaban J connectivity index is 4.79. The fourth-order valence-corrected chi connectivity index (χ4v) is 4.97. The average molecular weight is 554 g/mol. The molecule has 0 radical (unpaired) electrons. The molecule has 0 aliphatic carbocycles. The average Bonchev–Trinajstić information content (AvgIpc) is 2.90. The van der Waals surface area contributed by atoms with Crippen LogP contribution in [-0.4, -0.2) is 58.8 Å². The van der Waals surface area contributed by atoms with Crippen LogP contribution < -0.4 is 5.11 Å². The molecule has 0 spiro atoms. The van der Waals surface area contributed by atoms with E-state index in [2.05, 4.69) is 19.1 Å². The zero-order valence-corrected chi connectivity index (χ0v) is 25.5. The van der Waals surface area contributed by atoms with Crippen LogP contribution in [0.15, 0.2) is 12.2 Å². The van der Waals surface area contributed by atoms with Crippen molar-refractivity contribution in [1.82, 2.24) is 0 Å². The third-order valence-corrected chi connectivity index (χ3v) is 8.25. The maximum atomic E-state index is 11.5. The van der Waals surface area contributed by atoms with Crippen LogP contribution in [0, 0.1) is 17.8 Å². The fraction of sp³-hybridized carbons (Fsp3) is 0.844.